The Morgan fingerprint density at radius 3 is 2.82 bits per heavy atom. The second-order valence-electron chi connectivity index (χ2n) is 3.96. The normalized spacial score (nSPS) is 23.5. The van der Waals surface area contributed by atoms with Gasteiger partial charge in [0, 0.05) is 6.54 Å². The molecule has 0 aliphatic carbocycles. The van der Waals surface area contributed by atoms with Gasteiger partial charge in [-0.1, -0.05) is 24.3 Å². The highest BCUT2D eigenvalue weighted by Gasteiger charge is 2.41. The highest BCUT2D eigenvalue weighted by molar-refractivity contribution is 5.83. The molecule has 3 N–H and O–H groups in total. The Kier molecular flexibility index (Phi) is 3.10. The Morgan fingerprint density at radius 2 is 2.18 bits per heavy atom. The van der Waals surface area contributed by atoms with E-state index in [1.165, 1.54) is 0 Å². The van der Waals surface area contributed by atoms with Crippen LogP contribution in [0.1, 0.15) is 23.7 Å². The van der Waals surface area contributed by atoms with Crippen molar-refractivity contribution in [3.05, 3.63) is 35.4 Å². The van der Waals surface area contributed by atoms with Gasteiger partial charge in [0.25, 0.3) is 0 Å². The molecular weight excluding hydrogens is 222 g/mol. The molecule has 0 spiro atoms. The number of hydrogen-bond donors (Lipinski definition) is 2. The number of cyclic esters (lactones) is 1. The van der Waals surface area contributed by atoms with Gasteiger partial charge in [-0.25, -0.2) is 0 Å². The molecule has 17 heavy (non-hydrogen) atoms. The number of hydrogen-bond acceptors (Lipinski definition) is 4. The molecule has 1 aliphatic rings. The number of carbonyl (C=O) groups is 2. The summed E-state index contributed by atoms with van der Waals surface area (Å²) in [7, 11) is 0. The zero-order valence-corrected chi connectivity index (χ0v) is 9.13. The lowest BCUT2D eigenvalue weighted by Gasteiger charge is -2.17. The smallest absolute Gasteiger partial charge is 0.311 e. The molecule has 2 unspecified atom stereocenters. The van der Waals surface area contributed by atoms with Crippen LogP contribution in [0.4, 0.5) is 0 Å². The van der Waals surface area contributed by atoms with Crippen molar-refractivity contribution in [3.8, 4) is 0 Å². The lowest BCUT2D eigenvalue weighted by Crippen LogP contribution is -2.19. The SMILES string of the molecule is NCc1ccccc1C1OC(=O)CC1C(=O)O. The zero-order chi connectivity index (χ0) is 12.4. The van der Waals surface area contributed by atoms with Crippen LogP contribution in [0.2, 0.25) is 0 Å². The van der Waals surface area contributed by atoms with Crippen LogP contribution in [0.3, 0.4) is 0 Å². The van der Waals surface area contributed by atoms with Gasteiger partial charge in [-0.3, -0.25) is 9.59 Å². The fourth-order valence-electron chi connectivity index (χ4n) is 2.05. The molecule has 0 bridgehead atoms. The van der Waals surface area contributed by atoms with Gasteiger partial charge in [0.1, 0.15) is 12.0 Å². The van der Waals surface area contributed by atoms with Crippen LogP contribution < -0.4 is 5.73 Å². The highest BCUT2D eigenvalue weighted by Crippen LogP contribution is 2.36. The fourth-order valence-corrected chi connectivity index (χ4v) is 2.05. The Hall–Kier alpha value is -1.88. The molecule has 5 heteroatoms. The molecule has 2 atom stereocenters. The molecule has 1 saturated heterocycles. The Balaban J connectivity index is 2.38. The van der Waals surface area contributed by atoms with Crippen LogP contribution in [0, 0.1) is 5.92 Å². The molecule has 90 valence electrons. The first-order chi connectivity index (χ1) is 8.13. The van der Waals surface area contributed by atoms with E-state index in [2.05, 4.69) is 0 Å². The maximum absolute atomic E-state index is 11.2. The van der Waals surface area contributed by atoms with Gasteiger partial charge in [-0.05, 0) is 11.1 Å². The molecule has 0 aromatic heterocycles. The van der Waals surface area contributed by atoms with Crippen LogP contribution in [-0.4, -0.2) is 17.0 Å². The number of carboxylic acids is 1. The van der Waals surface area contributed by atoms with Gasteiger partial charge in [-0.15, -0.1) is 0 Å². The van der Waals surface area contributed by atoms with Crippen LogP contribution >= 0.6 is 0 Å². The monoisotopic (exact) mass is 235 g/mol. The number of ether oxygens (including phenoxy) is 1. The van der Waals surface area contributed by atoms with Crippen molar-refractivity contribution >= 4 is 11.9 Å². The number of nitrogens with two attached hydrogens (primary N) is 1. The zero-order valence-electron chi connectivity index (χ0n) is 9.13. The third-order valence-corrected chi connectivity index (χ3v) is 2.91. The van der Waals surface area contributed by atoms with E-state index in [9.17, 15) is 9.59 Å². The molecule has 5 nitrogen and oxygen atoms in total. The summed E-state index contributed by atoms with van der Waals surface area (Å²) in [6.07, 6.45) is -0.807. The summed E-state index contributed by atoms with van der Waals surface area (Å²) in [6.45, 7) is 0.288. The molecular formula is C12H13NO4. The summed E-state index contributed by atoms with van der Waals surface area (Å²) in [5, 5.41) is 9.06. The minimum Gasteiger partial charge on any atom is -0.481 e. The summed E-state index contributed by atoms with van der Waals surface area (Å²) in [4.78, 5) is 22.3. The first-order valence-electron chi connectivity index (χ1n) is 5.33. The van der Waals surface area contributed by atoms with Crippen molar-refractivity contribution in [1.29, 1.82) is 0 Å². The predicted octanol–water partition coefficient (Wildman–Crippen LogP) is 0.834. The number of rotatable bonds is 3. The molecule has 1 aromatic rings. The Morgan fingerprint density at radius 1 is 1.47 bits per heavy atom. The van der Waals surface area contributed by atoms with Crippen LogP contribution in [0.25, 0.3) is 0 Å². The van der Waals surface area contributed by atoms with Crippen LogP contribution in [0.15, 0.2) is 24.3 Å². The van der Waals surface area contributed by atoms with Crippen molar-refractivity contribution in [2.24, 2.45) is 11.7 Å². The highest BCUT2D eigenvalue weighted by atomic mass is 16.6. The third kappa shape index (κ3) is 2.14. The maximum atomic E-state index is 11.2. The summed E-state index contributed by atoms with van der Waals surface area (Å²) in [5.74, 6) is -2.32. The fraction of sp³-hybridized carbons (Fsp3) is 0.333. The van der Waals surface area contributed by atoms with E-state index < -0.39 is 24.0 Å². The van der Waals surface area contributed by atoms with Gasteiger partial charge >= 0.3 is 11.9 Å². The molecule has 1 fully saturated rings. The average molecular weight is 235 g/mol. The molecule has 1 aromatic carbocycles. The number of benzene rings is 1. The van der Waals surface area contributed by atoms with E-state index in [4.69, 9.17) is 15.6 Å². The molecule has 1 heterocycles. The van der Waals surface area contributed by atoms with Crippen molar-refractivity contribution in [1.82, 2.24) is 0 Å². The maximum Gasteiger partial charge on any atom is 0.311 e. The van der Waals surface area contributed by atoms with E-state index in [-0.39, 0.29) is 13.0 Å². The number of carbonyl (C=O) groups excluding carboxylic acids is 1. The standard InChI is InChI=1S/C12H13NO4/c13-6-7-3-1-2-4-8(7)11-9(12(15)16)5-10(14)17-11/h1-4,9,11H,5-6,13H2,(H,15,16). The molecule has 0 amide bonds. The first kappa shape index (κ1) is 11.6. The van der Waals surface area contributed by atoms with E-state index in [0.29, 0.717) is 5.56 Å². The minimum atomic E-state index is -1.02. The van der Waals surface area contributed by atoms with Crippen molar-refractivity contribution in [2.45, 2.75) is 19.1 Å². The van der Waals surface area contributed by atoms with Gasteiger partial charge in [-0.2, -0.15) is 0 Å². The van der Waals surface area contributed by atoms with Gasteiger partial charge in [0.15, 0.2) is 0 Å². The number of carboxylic acid groups (broad SMARTS) is 1. The van der Waals surface area contributed by atoms with Crippen molar-refractivity contribution < 1.29 is 19.4 Å². The van der Waals surface area contributed by atoms with Crippen LogP contribution in [-0.2, 0) is 20.9 Å². The second-order valence-corrected chi connectivity index (χ2v) is 3.96. The Labute approximate surface area is 98.2 Å². The number of aliphatic carboxylic acids is 1. The molecule has 1 aliphatic heterocycles. The topological polar surface area (TPSA) is 89.6 Å². The van der Waals surface area contributed by atoms with E-state index in [1.54, 1.807) is 18.2 Å². The molecule has 0 saturated carbocycles. The first-order valence-corrected chi connectivity index (χ1v) is 5.33. The van der Waals surface area contributed by atoms with Gasteiger partial charge in [0.05, 0.1) is 6.42 Å². The Bertz CT molecular complexity index is 458. The summed E-state index contributed by atoms with van der Waals surface area (Å²) >= 11 is 0. The third-order valence-electron chi connectivity index (χ3n) is 2.91. The van der Waals surface area contributed by atoms with E-state index in [1.807, 2.05) is 6.07 Å². The predicted molar refractivity (Wildman–Crippen MR) is 58.9 cm³/mol. The van der Waals surface area contributed by atoms with Crippen molar-refractivity contribution in [2.75, 3.05) is 0 Å². The van der Waals surface area contributed by atoms with Gasteiger partial charge < -0.3 is 15.6 Å². The molecule has 0 radical (unpaired) electrons. The van der Waals surface area contributed by atoms with E-state index >= 15 is 0 Å². The largest absolute Gasteiger partial charge is 0.481 e. The second kappa shape index (κ2) is 4.55. The van der Waals surface area contributed by atoms with Crippen LogP contribution in [0.5, 0.6) is 0 Å². The summed E-state index contributed by atoms with van der Waals surface area (Å²) in [6, 6.07) is 7.15. The van der Waals surface area contributed by atoms with E-state index in [0.717, 1.165) is 5.56 Å². The van der Waals surface area contributed by atoms with Crippen molar-refractivity contribution in [3.63, 3.8) is 0 Å². The number of esters is 1. The minimum absolute atomic E-state index is 0.0844. The van der Waals surface area contributed by atoms with Gasteiger partial charge in [0.2, 0.25) is 0 Å². The lowest BCUT2D eigenvalue weighted by atomic mass is 9.92. The summed E-state index contributed by atoms with van der Waals surface area (Å²) < 4.78 is 5.09. The quantitative estimate of drug-likeness (QED) is 0.757. The molecule has 2 rings (SSSR count). The lowest BCUT2D eigenvalue weighted by molar-refractivity contribution is -0.144. The average Bonchev–Trinajstić information content (AvgIpc) is 2.71. The summed E-state index contributed by atoms with van der Waals surface area (Å²) in [5.41, 5.74) is 7.08.